The first-order valence-electron chi connectivity index (χ1n) is 7.65. The average Bonchev–Trinajstić information content (AvgIpc) is 2.97. The highest BCUT2D eigenvalue weighted by atomic mass is 16.5. The number of nitrogens with zero attached hydrogens (tertiary/aromatic N) is 1. The Balaban J connectivity index is 2.25. The number of hydrogen-bond acceptors (Lipinski definition) is 5. The predicted octanol–water partition coefficient (Wildman–Crippen LogP) is 1.95. The van der Waals surface area contributed by atoms with E-state index in [1.54, 1.807) is 0 Å². The molecule has 21 heavy (non-hydrogen) atoms. The molecule has 0 aliphatic carbocycles. The molecule has 0 aromatic carbocycles. The van der Waals surface area contributed by atoms with Crippen molar-refractivity contribution in [1.29, 1.82) is 5.41 Å². The third kappa shape index (κ3) is 3.91. The van der Waals surface area contributed by atoms with Crippen molar-refractivity contribution >= 4 is 12.0 Å². The fourth-order valence-corrected chi connectivity index (χ4v) is 2.56. The Morgan fingerprint density at radius 3 is 2.86 bits per heavy atom. The molecule has 2 rings (SSSR count). The fourth-order valence-electron chi connectivity index (χ4n) is 2.56. The van der Waals surface area contributed by atoms with Crippen LogP contribution in [-0.4, -0.2) is 35.4 Å². The molecule has 1 saturated heterocycles. The van der Waals surface area contributed by atoms with E-state index in [4.69, 9.17) is 10.1 Å². The molecule has 6 heteroatoms. The lowest BCUT2D eigenvalue weighted by molar-refractivity contribution is 0.195. The molecule has 1 fully saturated rings. The van der Waals surface area contributed by atoms with E-state index in [9.17, 15) is 4.79 Å². The molecule has 2 heterocycles. The topological polar surface area (TPSA) is 90.9 Å². The molecule has 0 amide bonds. The van der Waals surface area contributed by atoms with Gasteiger partial charge in [0, 0.05) is 19.2 Å². The van der Waals surface area contributed by atoms with Gasteiger partial charge in [-0.2, -0.15) is 0 Å². The van der Waals surface area contributed by atoms with Crippen LogP contribution < -0.4 is 10.9 Å². The minimum absolute atomic E-state index is 0.166. The minimum Gasteiger partial charge on any atom is -0.379 e. The lowest BCUT2D eigenvalue weighted by atomic mass is 9.99. The Morgan fingerprint density at radius 2 is 2.29 bits per heavy atom. The van der Waals surface area contributed by atoms with Crippen LogP contribution in [0.15, 0.2) is 4.79 Å². The Hall–Kier alpha value is -1.69. The maximum absolute atomic E-state index is 12.1. The Bertz CT molecular complexity index is 531. The summed E-state index contributed by atoms with van der Waals surface area (Å²) in [5.74, 6) is 1.72. The summed E-state index contributed by atoms with van der Waals surface area (Å²) in [6.07, 6.45) is 4.84. The SMILES string of the molecule is CCC(CC)Cc1nc(NC2CCOC2)c(C=N)c(=O)[nH]1. The Morgan fingerprint density at radius 1 is 1.52 bits per heavy atom. The molecule has 1 aromatic rings. The van der Waals surface area contributed by atoms with E-state index in [1.165, 1.54) is 0 Å². The molecule has 1 aromatic heterocycles. The summed E-state index contributed by atoms with van der Waals surface area (Å²) in [4.78, 5) is 19.4. The summed E-state index contributed by atoms with van der Waals surface area (Å²) in [5, 5.41) is 10.7. The standard InChI is InChI=1S/C15H24N4O2/c1-3-10(4-2)7-13-18-14(12(8-16)15(20)19-13)17-11-5-6-21-9-11/h8,10-11,16H,3-7,9H2,1-2H3,(H2,17,18,19,20). The van der Waals surface area contributed by atoms with Gasteiger partial charge in [0.2, 0.25) is 0 Å². The second-order valence-corrected chi connectivity index (χ2v) is 5.51. The summed E-state index contributed by atoms with van der Waals surface area (Å²) >= 11 is 0. The van der Waals surface area contributed by atoms with Crippen molar-refractivity contribution < 1.29 is 4.74 Å². The molecule has 0 bridgehead atoms. The second-order valence-electron chi connectivity index (χ2n) is 5.51. The molecule has 116 valence electrons. The first-order chi connectivity index (χ1) is 10.2. The molecular weight excluding hydrogens is 268 g/mol. The number of hydrogen-bond donors (Lipinski definition) is 3. The first-order valence-corrected chi connectivity index (χ1v) is 7.65. The summed E-state index contributed by atoms with van der Waals surface area (Å²) in [7, 11) is 0. The number of rotatable bonds is 7. The Kier molecular flexibility index (Phi) is 5.50. The lowest BCUT2D eigenvalue weighted by Crippen LogP contribution is -2.26. The van der Waals surface area contributed by atoms with Gasteiger partial charge in [0.25, 0.3) is 5.56 Å². The number of aromatic nitrogens is 2. The predicted molar refractivity (Wildman–Crippen MR) is 83.4 cm³/mol. The molecule has 1 atom stereocenters. The smallest absolute Gasteiger partial charge is 0.261 e. The number of anilines is 1. The number of ether oxygens (including phenoxy) is 1. The number of nitrogens with one attached hydrogen (secondary N) is 3. The molecule has 6 nitrogen and oxygen atoms in total. The van der Waals surface area contributed by atoms with Gasteiger partial charge in [0.1, 0.15) is 11.6 Å². The van der Waals surface area contributed by atoms with Crippen LogP contribution in [0, 0.1) is 11.3 Å². The minimum atomic E-state index is -0.248. The zero-order valence-electron chi connectivity index (χ0n) is 12.7. The molecule has 1 aliphatic rings. The normalized spacial score (nSPS) is 18.1. The van der Waals surface area contributed by atoms with Crippen LogP contribution in [0.2, 0.25) is 0 Å². The van der Waals surface area contributed by atoms with Crippen LogP contribution in [-0.2, 0) is 11.2 Å². The van der Waals surface area contributed by atoms with Crippen LogP contribution in [0.25, 0.3) is 0 Å². The van der Waals surface area contributed by atoms with Crippen LogP contribution in [0.4, 0.5) is 5.82 Å². The summed E-state index contributed by atoms with van der Waals surface area (Å²) in [5.41, 5.74) is 0.0394. The van der Waals surface area contributed by atoms with Crippen molar-refractivity contribution in [3.63, 3.8) is 0 Å². The van der Waals surface area contributed by atoms with Crippen molar-refractivity contribution in [2.45, 2.75) is 45.6 Å². The van der Waals surface area contributed by atoms with E-state index in [-0.39, 0.29) is 17.2 Å². The zero-order chi connectivity index (χ0) is 15.2. The van der Waals surface area contributed by atoms with Crippen LogP contribution >= 0.6 is 0 Å². The highest BCUT2D eigenvalue weighted by molar-refractivity contribution is 5.83. The van der Waals surface area contributed by atoms with Gasteiger partial charge in [-0.3, -0.25) is 4.79 Å². The average molecular weight is 292 g/mol. The van der Waals surface area contributed by atoms with Crippen molar-refractivity contribution in [3.05, 3.63) is 21.7 Å². The van der Waals surface area contributed by atoms with Crippen molar-refractivity contribution in [2.75, 3.05) is 18.5 Å². The number of H-pyrrole nitrogens is 1. The van der Waals surface area contributed by atoms with Gasteiger partial charge in [-0.25, -0.2) is 4.98 Å². The molecule has 3 N–H and O–H groups in total. The van der Waals surface area contributed by atoms with Gasteiger partial charge in [0.05, 0.1) is 18.2 Å². The van der Waals surface area contributed by atoms with Gasteiger partial charge >= 0.3 is 0 Å². The molecule has 0 spiro atoms. The fraction of sp³-hybridized carbons (Fsp3) is 0.667. The van der Waals surface area contributed by atoms with E-state index in [0.717, 1.165) is 38.5 Å². The van der Waals surface area contributed by atoms with Crippen LogP contribution in [0.5, 0.6) is 0 Å². The molecule has 0 radical (unpaired) electrons. The number of aromatic amines is 1. The van der Waals surface area contributed by atoms with Crippen LogP contribution in [0.1, 0.15) is 44.5 Å². The lowest BCUT2D eigenvalue weighted by Gasteiger charge is -2.16. The maximum Gasteiger partial charge on any atom is 0.261 e. The first kappa shape index (κ1) is 15.7. The van der Waals surface area contributed by atoms with E-state index in [2.05, 4.69) is 29.1 Å². The Labute approximate surface area is 124 Å². The van der Waals surface area contributed by atoms with E-state index in [0.29, 0.717) is 24.2 Å². The van der Waals surface area contributed by atoms with Crippen molar-refractivity contribution in [3.8, 4) is 0 Å². The van der Waals surface area contributed by atoms with Gasteiger partial charge in [-0.05, 0) is 12.3 Å². The third-order valence-corrected chi connectivity index (χ3v) is 4.06. The highest BCUT2D eigenvalue weighted by Crippen LogP contribution is 2.16. The largest absolute Gasteiger partial charge is 0.379 e. The zero-order valence-corrected chi connectivity index (χ0v) is 12.7. The molecule has 1 aliphatic heterocycles. The van der Waals surface area contributed by atoms with E-state index < -0.39 is 0 Å². The van der Waals surface area contributed by atoms with Gasteiger partial charge < -0.3 is 20.4 Å². The summed E-state index contributed by atoms with van der Waals surface area (Å²) < 4.78 is 5.33. The van der Waals surface area contributed by atoms with E-state index >= 15 is 0 Å². The molecular formula is C15H24N4O2. The van der Waals surface area contributed by atoms with Crippen molar-refractivity contribution in [1.82, 2.24) is 9.97 Å². The monoisotopic (exact) mass is 292 g/mol. The van der Waals surface area contributed by atoms with Gasteiger partial charge in [-0.15, -0.1) is 0 Å². The van der Waals surface area contributed by atoms with Crippen molar-refractivity contribution in [2.24, 2.45) is 5.92 Å². The quantitative estimate of drug-likeness (QED) is 0.670. The summed E-state index contributed by atoms with van der Waals surface area (Å²) in [6.45, 7) is 5.63. The van der Waals surface area contributed by atoms with Crippen LogP contribution in [0.3, 0.4) is 0 Å². The highest BCUT2D eigenvalue weighted by Gasteiger charge is 2.19. The third-order valence-electron chi connectivity index (χ3n) is 4.06. The summed E-state index contributed by atoms with van der Waals surface area (Å²) in [6, 6.07) is 0.166. The van der Waals surface area contributed by atoms with E-state index in [1.807, 2.05) is 0 Å². The van der Waals surface area contributed by atoms with Gasteiger partial charge in [0.15, 0.2) is 0 Å². The second kappa shape index (κ2) is 7.36. The molecule has 1 unspecified atom stereocenters. The molecule has 0 saturated carbocycles. The maximum atomic E-state index is 12.1. The van der Waals surface area contributed by atoms with Gasteiger partial charge in [-0.1, -0.05) is 26.7 Å².